The van der Waals surface area contributed by atoms with Crippen LogP contribution in [0.4, 0.5) is 0 Å². The third kappa shape index (κ3) is 4.85. The van der Waals surface area contributed by atoms with Gasteiger partial charge in [-0.05, 0) is 73.9 Å². The molecule has 3 heterocycles. The monoisotopic (exact) mass is 434 g/mol. The minimum absolute atomic E-state index is 0.0286. The molecule has 1 aliphatic rings. The zero-order chi connectivity index (χ0) is 22.5. The molecule has 1 fully saturated rings. The summed E-state index contributed by atoms with van der Waals surface area (Å²) in [6.07, 6.45) is 9.34. The van der Waals surface area contributed by atoms with Crippen LogP contribution < -0.4 is 10.4 Å². The van der Waals surface area contributed by atoms with Crippen LogP contribution in [0.3, 0.4) is 0 Å². The first-order chi connectivity index (χ1) is 15.6. The van der Waals surface area contributed by atoms with Crippen molar-refractivity contribution in [3.05, 3.63) is 69.8 Å². The number of nitrogens with zero attached hydrogens (tertiary/aromatic N) is 2. The molecule has 1 aliphatic heterocycles. The highest BCUT2D eigenvalue weighted by Crippen LogP contribution is 2.33. The molecule has 0 bridgehead atoms. The van der Waals surface area contributed by atoms with Crippen molar-refractivity contribution in [3.8, 4) is 5.75 Å². The van der Waals surface area contributed by atoms with Crippen LogP contribution in [0.25, 0.3) is 11.0 Å². The first kappa shape index (κ1) is 22.1. The van der Waals surface area contributed by atoms with Crippen molar-refractivity contribution in [2.45, 2.75) is 58.4 Å². The largest absolute Gasteiger partial charge is 0.483 e. The van der Waals surface area contributed by atoms with E-state index in [4.69, 9.17) is 9.15 Å². The number of fused-ring (bicyclic) bond motifs is 1. The molecule has 3 aromatic rings. The molecule has 0 saturated carbocycles. The number of carbonyl (C=O) groups is 1. The van der Waals surface area contributed by atoms with E-state index in [0.29, 0.717) is 17.9 Å². The van der Waals surface area contributed by atoms with Gasteiger partial charge in [0.1, 0.15) is 11.3 Å². The number of likely N-dealkylation sites (tertiary alicyclic amines) is 1. The fraction of sp³-hybridized carbons (Fsp3) is 0.423. The van der Waals surface area contributed by atoms with Gasteiger partial charge in [0.25, 0.3) is 5.91 Å². The average molecular weight is 435 g/mol. The number of amides is 1. The number of piperidine rings is 1. The van der Waals surface area contributed by atoms with Gasteiger partial charge in [0.15, 0.2) is 6.61 Å². The van der Waals surface area contributed by atoms with Crippen molar-refractivity contribution in [2.24, 2.45) is 0 Å². The van der Waals surface area contributed by atoms with Crippen LogP contribution in [0, 0.1) is 6.92 Å². The van der Waals surface area contributed by atoms with Gasteiger partial charge in [0.05, 0.1) is 11.4 Å². The summed E-state index contributed by atoms with van der Waals surface area (Å²) < 4.78 is 11.6. The molecular formula is C26H30N2O4. The Morgan fingerprint density at radius 1 is 1.28 bits per heavy atom. The summed E-state index contributed by atoms with van der Waals surface area (Å²) in [4.78, 5) is 31.4. The summed E-state index contributed by atoms with van der Waals surface area (Å²) in [5.74, 6) is 0.554. The predicted molar refractivity (Wildman–Crippen MR) is 124 cm³/mol. The Labute approximate surface area is 188 Å². The van der Waals surface area contributed by atoms with E-state index in [1.165, 1.54) is 0 Å². The summed E-state index contributed by atoms with van der Waals surface area (Å²) in [6, 6.07) is 9.28. The number of unbranched alkanes of at least 4 members (excludes halogenated alkanes) is 1. The van der Waals surface area contributed by atoms with E-state index in [0.717, 1.165) is 60.6 Å². The van der Waals surface area contributed by atoms with Crippen molar-refractivity contribution in [1.29, 1.82) is 0 Å². The Hall–Kier alpha value is -3.15. The lowest BCUT2D eigenvalue weighted by Gasteiger charge is -2.35. The van der Waals surface area contributed by atoms with Crippen molar-refractivity contribution < 1.29 is 13.9 Å². The molecule has 2 aromatic heterocycles. The van der Waals surface area contributed by atoms with Crippen LogP contribution in [0.2, 0.25) is 0 Å². The van der Waals surface area contributed by atoms with Gasteiger partial charge in [-0.1, -0.05) is 19.4 Å². The molecule has 0 spiro atoms. The normalized spacial score (nSPS) is 16.3. The molecule has 0 N–H and O–H groups in total. The number of aryl methyl sites for hydroxylation is 2. The lowest BCUT2D eigenvalue weighted by Crippen LogP contribution is -2.41. The summed E-state index contributed by atoms with van der Waals surface area (Å²) in [5.41, 5.74) is 3.04. The van der Waals surface area contributed by atoms with E-state index in [9.17, 15) is 9.59 Å². The van der Waals surface area contributed by atoms with E-state index in [-0.39, 0.29) is 24.2 Å². The van der Waals surface area contributed by atoms with Crippen LogP contribution in [0.1, 0.15) is 61.8 Å². The van der Waals surface area contributed by atoms with E-state index in [1.54, 1.807) is 12.3 Å². The van der Waals surface area contributed by atoms with Crippen molar-refractivity contribution in [3.63, 3.8) is 0 Å². The number of ether oxygens (including phenoxy) is 1. The number of pyridine rings is 1. The van der Waals surface area contributed by atoms with Gasteiger partial charge in [0.2, 0.25) is 0 Å². The van der Waals surface area contributed by atoms with Gasteiger partial charge < -0.3 is 14.1 Å². The number of rotatable bonds is 7. The Morgan fingerprint density at radius 3 is 2.94 bits per heavy atom. The molecule has 1 aromatic carbocycles. The Bertz CT molecular complexity index is 1140. The second-order valence-corrected chi connectivity index (χ2v) is 8.50. The van der Waals surface area contributed by atoms with Gasteiger partial charge in [-0.2, -0.15) is 0 Å². The van der Waals surface area contributed by atoms with E-state index < -0.39 is 0 Å². The van der Waals surface area contributed by atoms with Gasteiger partial charge in [-0.15, -0.1) is 0 Å². The standard InChI is InChI=1S/C26H30N2O4/c1-3-4-8-19-15-25(30)32-23-14-18(2)13-22(26(19)23)31-17-24(29)28-12-6-5-10-21(28)20-9-7-11-27-16-20/h7,9,11,13-16,21H,3-6,8,10,12,17H2,1-2H3/t21-/m0/s1. The molecule has 0 unspecified atom stereocenters. The lowest BCUT2D eigenvalue weighted by molar-refractivity contribution is -0.137. The summed E-state index contributed by atoms with van der Waals surface area (Å²) in [6.45, 7) is 4.70. The van der Waals surface area contributed by atoms with Crippen LogP contribution >= 0.6 is 0 Å². The summed E-state index contributed by atoms with van der Waals surface area (Å²) in [5, 5.41) is 0.791. The number of aromatic nitrogens is 1. The molecule has 6 heteroatoms. The van der Waals surface area contributed by atoms with Gasteiger partial charge in [-0.25, -0.2) is 4.79 Å². The molecule has 4 rings (SSSR count). The fourth-order valence-corrected chi connectivity index (χ4v) is 4.52. The molecule has 6 nitrogen and oxygen atoms in total. The highest BCUT2D eigenvalue weighted by atomic mass is 16.5. The number of hydrogen-bond donors (Lipinski definition) is 0. The molecule has 1 amide bonds. The predicted octanol–water partition coefficient (Wildman–Crippen LogP) is 4.97. The SMILES string of the molecule is CCCCc1cc(=O)oc2cc(C)cc(OCC(=O)N3CCCC[C@H]3c3cccnc3)c12. The molecule has 0 aliphatic carbocycles. The third-order valence-electron chi connectivity index (χ3n) is 6.08. The first-order valence-electron chi connectivity index (χ1n) is 11.5. The van der Waals surface area contributed by atoms with Gasteiger partial charge >= 0.3 is 5.63 Å². The Balaban J connectivity index is 1.59. The molecule has 0 radical (unpaired) electrons. The minimum Gasteiger partial charge on any atom is -0.483 e. The number of hydrogen-bond acceptors (Lipinski definition) is 5. The second-order valence-electron chi connectivity index (χ2n) is 8.50. The maximum atomic E-state index is 13.2. The van der Waals surface area contributed by atoms with Crippen molar-refractivity contribution >= 4 is 16.9 Å². The van der Waals surface area contributed by atoms with Crippen molar-refractivity contribution in [2.75, 3.05) is 13.2 Å². The van der Waals surface area contributed by atoms with Crippen LogP contribution in [-0.2, 0) is 11.2 Å². The molecule has 1 atom stereocenters. The highest BCUT2D eigenvalue weighted by molar-refractivity contribution is 5.88. The molecule has 1 saturated heterocycles. The summed E-state index contributed by atoms with van der Waals surface area (Å²) >= 11 is 0. The van der Waals surface area contributed by atoms with Crippen LogP contribution in [0.15, 0.2) is 51.9 Å². The maximum Gasteiger partial charge on any atom is 0.336 e. The zero-order valence-corrected chi connectivity index (χ0v) is 18.8. The molecular weight excluding hydrogens is 404 g/mol. The van der Waals surface area contributed by atoms with Crippen LogP contribution in [-0.4, -0.2) is 28.9 Å². The van der Waals surface area contributed by atoms with Crippen molar-refractivity contribution in [1.82, 2.24) is 9.88 Å². The van der Waals surface area contributed by atoms with E-state index in [2.05, 4.69) is 11.9 Å². The average Bonchev–Trinajstić information content (AvgIpc) is 2.80. The van der Waals surface area contributed by atoms with Gasteiger partial charge in [-0.3, -0.25) is 9.78 Å². The molecule has 32 heavy (non-hydrogen) atoms. The molecule has 168 valence electrons. The lowest BCUT2D eigenvalue weighted by atomic mass is 9.96. The summed E-state index contributed by atoms with van der Waals surface area (Å²) in [7, 11) is 0. The third-order valence-corrected chi connectivity index (χ3v) is 6.08. The zero-order valence-electron chi connectivity index (χ0n) is 18.8. The first-order valence-corrected chi connectivity index (χ1v) is 11.5. The maximum absolute atomic E-state index is 13.2. The smallest absolute Gasteiger partial charge is 0.336 e. The Kier molecular flexibility index (Phi) is 6.88. The van der Waals surface area contributed by atoms with E-state index in [1.807, 2.05) is 42.3 Å². The quantitative estimate of drug-likeness (QED) is 0.491. The Morgan fingerprint density at radius 2 is 2.16 bits per heavy atom. The second kappa shape index (κ2) is 9.98. The number of benzene rings is 1. The minimum atomic E-state index is -0.358. The fourth-order valence-electron chi connectivity index (χ4n) is 4.52. The van der Waals surface area contributed by atoms with Gasteiger partial charge in [0, 0.05) is 25.0 Å². The number of carbonyl (C=O) groups excluding carboxylic acids is 1. The highest BCUT2D eigenvalue weighted by Gasteiger charge is 2.28. The topological polar surface area (TPSA) is 72.6 Å². The van der Waals surface area contributed by atoms with E-state index >= 15 is 0 Å². The van der Waals surface area contributed by atoms with Crippen LogP contribution in [0.5, 0.6) is 5.75 Å².